The molecule has 0 saturated heterocycles. The van der Waals surface area contributed by atoms with Crippen LogP contribution in [0.1, 0.15) is 17.8 Å². The lowest BCUT2D eigenvalue weighted by molar-refractivity contribution is 0.669. The lowest BCUT2D eigenvalue weighted by atomic mass is 9.84. The third-order valence-electron chi connectivity index (χ3n) is 7.88. The molecule has 200 valence electrons. The zero-order chi connectivity index (χ0) is 39.6. The molecule has 1 heteroatoms. The standard InChI is InChI=1S/C42H26O/c1-2-13-28(14-3-1)31-20-10-22-37-41(31)42-36(21-11-23-38(42)43-37)40-34-18-8-6-16-32(34)39(33-17-7-9-19-35(33)40)30-25-24-27-12-4-5-15-29(27)26-30/h1-26H/i4D,5D,10D,11D,12D,15D,20D,21D,22D,23D,24D,25D,26D. The van der Waals surface area contributed by atoms with Gasteiger partial charge in [-0.3, -0.25) is 0 Å². The Bertz CT molecular complexity index is 3170. The third kappa shape index (κ3) is 3.65. The van der Waals surface area contributed by atoms with Crippen LogP contribution in [0.3, 0.4) is 0 Å². The molecule has 0 bridgehead atoms. The lowest BCUT2D eigenvalue weighted by Gasteiger charge is -2.18. The van der Waals surface area contributed by atoms with Gasteiger partial charge in [0.2, 0.25) is 0 Å². The first-order valence-corrected chi connectivity index (χ1v) is 13.7. The van der Waals surface area contributed by atoms with Crippen LogP contribution in [0, 0.1) is 0 Å². The molecule has 0 amide bonds. The van der Waals surface area contributed by atoms with Crippen molar-refractivity contribution < 1.29 is 22.2 Å². The molecule has 0 aliphatic carbocycles. The Morgan fingerprint density at radius 3 is 1.65 bits per heavy atom. The molecule has 9 aromatic rings. The van der Waals surface area contributed by atoms with E-state index in [1.54, 1.807) is 78.9 Å². The van der Waals surface area contributed by atoms with Gasteiger partial charge in [0, 0.05) is 10.8 Å². The van der Waals surface area contributed by atoms with E-state index < -0.39 is 48.3 Å². The number of fused-ring (bicyclic) bond motifs is 6. The molecule has 0 aliphatic heterocycles. The number of rotatable bonds is 3. The molecule has 0 fully saturated rings. The lowest BCUT2D eigenvalue weighted by Crippen LogP contribution is -1.91. The van der Waals surface area contributed by atoms with Gasteiger partial charge in [-0.15, -0.1) is 0 Å². The normalized spacial score (nSPS) is 16.0. The number of furan rings is 1. The van der Waals surface area contributed by atoms with Crippen LogP contribution < -0.4 is 0 Å². The van der Waals surface area contributed by atoms with Gasteiger partial charge in [0.1, 0.15) is 11.2 Å². The Labute approximate surface area is 267 Å². The van der Waals surface area contributed by atoms with Crippen molar-refractivity contribution in [2.24, 2.45) is 0 Å². The zero-order valence-electron chi connectivity index (χ0n) is 35.4. The minimum absolute atomic E-state index is 0.0220. The van der Waals surface area contributed by atoms with Gasteiger partial charge in [0.15, 0.2) is 0 Å². The Morgan fingerprint density at radius 1 is 0.419 bits per heavy atom. The second-order valence-corrected chi connectivity index (χ2v) is 10.2. The maximum absolute atomic E-state index is 9.49. The molecule has 0 spiro atoms. The first-order chi connectivity index (χ1) is 26.8. The maximum Gasteiger partial charge on any atom is 0.136 e. The molecule has 0 atom stereocenters. The van der Waals surface area contributed by atoms with Gasteiger partial charge in [-0.2, -0.15) is 0 Å². The van der Waals surface area contributed by atoms with Crippen molar-refractivity contribution >= 4 is 54.3 Å². The van der Waals surface area contributed by atoms with E-state index in [2.05, 4.69) is 0 Å². The second-order valence-electron chi connectivity index (χ2n) is 10.2. The average Bonchev–Trinajstić information content (AvgIpc) is 3.60. The van der Waals surface area contributed by atoms with E-state index in [4.69, 9.17) is 18.1 Å². The smallest absolute Gasteiger partial charge is 0.136 e. The highest BCUT2D eigenvalue weighted by Gasteiger charge is 2.21. The van der Waals surface area contributed by atoms with E-state index in [0.717, 1.165) is 0 Å². The number of hydrogen-bond donors (Lipinski definition) is 0. The topological polar surface area (TPSA) is 13.1 Å². The highest BCUT2D eigenvalue weighted by Crippen LogP contribution is 2.48. The van der Waals surface area contributed by atoms with Gasteiger partial charge < -0.3 is 4.42 Å². The zero-order valence-corrected chi connectivity index (χ0v) is 22.4. The summed E-state index contributed by atoms with van der Waals surface area (Å²) in [5.74, 6) is 0. The molecular weight excluding hydrogens is 520 g/mol. The van der Waals surface area contributed by atoms with Gasteiger partial charge in [0.25, 0.3) is 0 Å². The van der Waals surface area contributed by atoms with Crippen LogP contribution in [0.25, 0.3) is 87.6 Å². The third-order valence-corrected chi connectivity index (χ3v) is 7.88. The molecule has 0 unspecified atom stereocenters. The highest BCUT2D eigenvalue weighted by molar-refractivity contribution is 6.27. The average molecular weight is 560 g/mol. The first kappa shape index (κ1) is 14.5. The van der Waals surface area contributed by atoms with Crippen LogP contribution in [-0.2, 0) is 0 Å². The largest absolute Gasteiger partial charge is 0.456 e. The summed E-state index contributed by atoms with van der Waals surface area (Å²) < 4.78 is 122. The van der Waals surface area contributed by atoms with Crippen molar-refractivity contribution in [1.82, 2.24) is 0 Å². The fourth-order valence-electron chi connectivity index (χ4n) is 6.09. The van der Waals surface area contributed by atoms with E-state index >= 15 is 0 Å². The fourth-order valence-corrected chi connectivity index (χ4v) is 6.09. The van der Waals surface area contributed by atoms with Gasteiger partial charge in [-0.25, -0.2) is 0 Å². The molecule has 9 rings (SSSR count). The summed E-state index contributed by atoms with van der Waals surface area (Å²) in [6, 6.07) is 17.5. The minimum Gasteiger partial charge on any atom is -0.456 e. The summed E-state index contributed by atoms with van der Waals surface area (Å²) >= 11 is 0. The van der Waals surface area contributed by atoms with Crippen molar-refractivity contribution in [1.29, 1.82) is 0 Å². The summed E-state index contributed by atoms with van der Waals surface area (Å²) in [5.41, 5.74) is 1.61. The van der Waals surface area contributed by atoms with Crippen LogP contribution in [0.15, 0.2) is 162 Å². The number of benzene rings is 8. The van der Waals surface area contributed by atoms with Crippen molar-refractivity contribution in [3.8, 4) is 33.4 Å². The fraction of sp³-hybridized carbons (Fsp3) is 0. The summed E-state index contributed by atoms with van der Waals surface area (Å²) in [4.78, 5) is 0. The molecule has 0 aliphatic rings. The molecule has 0 radical (unpaired) electrons. The van der Waals surface area contributed by atoms with Crippen LogP contribution in [0.4, 0.5) is 0 Å². The Morgan fingerprint density at radius 2 is 0.977 bits per heavy atom. The predicted octanol–water partition coefficient (Wildman–Crippen LogP) is 12.0. The van der Waals surface area contributed by atoms with E-state index in [1.165, 1.54) is 0 Å². The highest BCUT2D eigenvalue weighted by atomic mass is 16.3. The Hall–Kier alpha value is -5.66. The van der Waals surface area contributed by atoms with Crippen LogP contribution in [0.2, 0.25) is 0 Å². The van der Waals surface area contributed by atoms with E-state index in [1.807, 2.05) is 0 Å². The molecule has 1 heterocycles. The number of hydrogen-bond acceptors (Lipinski definition) is 1. The van der Waals surface area contributed by atoms with Crippen molar-refractivity contribution in [2.45, 2.75) is 0 Å². The minimum atomic E-state index is -0.566. The predicted molar refractivity (Wildman–Crippen MR) is 183 cm³/mol. The molecule has 43 heavy (non-hydrogen) atoms. The molecule has 0 saturated carbocycles. The SMILES string of the molecule is [2H]c1c([2H])c(-c2ccccc2)c2c(oc3c([2H])c([2H])c([2H])c(-c4c5ccccc5c(-c5c([2H])c([2H])c6c([2H])c([2H])c([2H])c([2H])c6c5[2H])c5ccccc45)c32)c1[2H]. The Balaban J connectivity index is 1.53. The molecule has 1 aromatic heterocycles. The van der Waals surface area contributed by atoms with Crippen LogP contribution in [0.5, 0.6) is 0 Å². The molecule has 0 N–H and O–H groups in total. The Kier molecular flexibility index (Phi) is 3.18. The second kappa shape index (κ2) is 9.44. The maximum atomic E-state index is 9.49. The van der Waals surface area contributed by atoms with Crippen molar-refractivity contribution in [2.75, 3.05) is 0 Å². The molecule has 8 aromatic carbocycles. The van der Waals surface area contributed by atoms with Crippen LogP contribution >= 0.6 is 0 Å². The van der Waals surface area contributed by atoms with Gasteiger partial charge in [-0.05, 0) is 83.8 Å². The molecular formula is C42H26O. The van der Waals surface area contributed by atoms with Gasteiger partial charge in [0.05, 0.1) is 17.8 Å². The molecule has 1 nitrogen and oxygen atoms in total. The first-order valence-electron chi connectivity index (χ1n) is 20.2. The van der Waals surface area contributed by atoms with E-state index in [-0.39, 0.29) is 79.6 Å². The summed E-state index contributed by atoms with van der Waals surface area (Å²) in [6.45, 7) is 0. The summed E-state index contributed by atoms with van der Waals surface area (Å²) in [5, 5.41) is 2.00. The van der Waals surface area contributed by atoms with Crippen molar-refractivity contribution in [3.05, 3.63) is 157 Å². The van der Waals surface area contributed by atoms with Crippen molar-refractivity contribution in [3.63, 3.8) is 0 Å². The van der Waals surface area contributed by atoms with E-state index in [9.17, 15) is 4.11 Å². The van der Waals surface area contributed by atoms with Gasteiger partial charge in [-0.1, -0.05) is 139 Å². The van der Waals surface area contributed by atoms with Gasteiger partial charge >= 0.3 is 0 Å². The monoisotopic (exact) mass is 559 g/mol. The summed E-state index contributed by atoms with van der Waals surface area (Å²) in [6.07, 6.45) is 0. The van der Waals surface area contributed by atoms with E-state index in [0.29, 0.717) is 38.2 Å². The quantitative estimate of drug-likeness (QED) is 0.196. The van der Waals surface area contributed by atoms with Crippen LogP contribution in [-0.4, -0.2) is 0 Å². The summed E-state index contributed by atoms with van der Waals surface area (Å²) in [7, 11) is 0.